The molecule has 0 radical (unpaired) electrons. The fourth-order valence-corrected chi connectivity index (χ4v) is 3.83. The third-order valence-corrected chi connectivity index (χ3v) is 5.28. The third kappa shape index (κ3) is 5.28. The van der Waals surface area contributed by atoms with Gasteiger partial charge < -0.3 is 20.2 Å². The van der Waals surface area contributed by atoms with Crippen molar-refractivity contribution < 1.29 is 24.3 Å². The highest BCUT2D eigenvalue weighted by Gasteiger charge is 2.44. The van der Waals surface area contributed by atoms with Gasteiger partial charge in [-0.05, 0) is 19.3 Å². The molecule has 3 atom stereocenters. The summed E-state index contributed by atoms with van der Waals surface area (Å²) in [6.07, 6.45) is 2.09. The van der Waals surface area contributed by atoms with E-state index in [1.54, 1.807) is 11.8 Å². The van der Waals surface area contributed by atoms with Crippen LogP contribution in [0.15, 0.2) is 0 Å². The Hall–Kier alpha value is -1.96. The SMILES string of the molecule is CCCNC(=O)CCC(=O)N1C[C@@H](O)CC1C(=O)N1CCCC1C(=O)CC. The Kier molecular flexibility index (Phi) is 7.77. The first-order chi connectivity index (χ1) is 12.9. The number of hydrogen-bond donors (Lipinski definition) is 2. The molecule has 0 bridgehead atoms. The van der Waals surface area contributed by atoms with Crippen LogP contribution < -0.4 is 5.32 Å². The Morgan fingerprint density at radius 1 is 1.07 bits per heavy atom. The highest BCUT2D eigenvalue weighted by molar-refractivity contribution is 5.94. The maximum atomic E-state index is 13.0. The molecule has 2 saturated heterocycles. The monoisotopic (exact) mass is 381 g/mol. The van der Waals surface area contributed by atoms with E-state index in [1.807, 2.05) is 6.92 Å². The number of rotatable bonds is 8. The molecule has 2 aliphatic heterocycles. The van der Waals surface area contributed by atoms with Crippen LogP contribution in [-0.4, -0.2) is 76.2 Å². The van der Waals surface area contributed by atoms with E-state index in [4.69, 9.17) is 0 Å². The van der Waals surface area contributed by atoms with Crippen molar-refractivity contribution in [2.45, 2.75) is 77.0 Å². The van der Waals surface area contributed by atoms with Gasteiger partial charge in [0.15, 0.2) is 5.78 Å². The van der Waals surface area contributed by atoms with Crippen LogP contribution in [0, 0.1) is 0 Å². The highest BCUT2D eigenvalue weighted by atomic mass is 16.3. The lowest BCUT2D eigenvalue weighted by molar-refractivity contribution is -0.146. The zero-order valence-corrected chi connectivity index (χ0v) is 16.3. The molecule has 0 aliphatic carbocycles. The van der Waals surface area contributed by atoms with E-state index in [2.05, 4.69) is 5.32 Å². The average Bonchev–Trinajstić information content (AvgIpc) is 3.30. The highest BCUT2D eigenvalue weighted by Crippen LogP contribution is 2.26. The Balaban J connectivity index is 2.00. The minimum Gasteiger partial charge on any atom is -0.391 e. The number of likely N-dealkylation sites (tertiary alicyclic amines) is 2. The molecule has 2 heterocycles. The summed E-state index contributed by atoms with van der Waals surface area (Å²) in [5.74, 6) is -0.736. The number of carbonyl (C=O) groups is 4. The standard InChI is InChI=1S/C19H31N3O5/c1-3-9-20-17(25)7-8-18(26)22-12-13(23)11-15(22)19(27)21-10-5-6-14(21)16(24)4-2/h13-15,23H,3-12H2,1-2H3,(H,20,25)/t13-,14?,15?/m0/s1. The molecule has 8 nitrogen and oxygen atoms in total. The van der Waals surface area contributed by atoms with Crippen LogP contribution in [-0.2, 0) is 19.2 Å². The first-order valence-electron chi connectivity index (χ1n) is 9.96. The second-order valence-electron chi connectivity index (χ2n) is 7.31. The normalized spacial score (nSPS) is 24.9. The Morgan fingerprint density at radius 3 is 2.48 bits per heavy atom. The van der Waals surface area contributed by atoms with Crippen LogP contribution in [0.25, 0.3) is 0 Å². The first kappa shape index (κ1) is 21.3. The van der Waals surface area contributed by atoms with Gasteiger partial charge in [0, 0.05) is 45.3 Å². The van der Waals surface area contributed by atoms with Crippen LogP contribution in [0.2, 0.25) is 0 Å². The van der Waals surface area contributed by atoms with E-state index in [0.29, 0.717) is 25.9 Å². The number of β-amino-alcohol motifs (C(OH)–C–C–N with tert-alkyl or cyclic N) is 1. The van der Waals surface area contributed by atoms with Crippen molar-refractivity contribution >= 4 is 23.5 Å². The number of amides is 3. The predicted molar refractivity (Wildman–Crippen MR) is 98.7 cm³/mol. The maximum absolute atomic E-state index is 13.0. The Labute approximate surface area is 160 Å². The Bertz CT molecular complexity index is 580. The summed E-state index contributed by atoms with van der Waals surface area (Å²) in [7, 11) is 0. The first-order valence-corrected chi connectivity index (χ1v) is 9.96. The number of nitrogens with one attached hydrogen (secondary N) is 1. The minimum atomic E-state index is -0.764. The molecule has 0 aromatic rings. The number of ketones is 1. The van der Waals surface area contributed by atoms with Gasteiger partial charge in [-0.1, -0.05) is 13.8 Å². The summed E-state index contributed by atoms with van der Waals surface area (Å²) < 4.78 is 0. The molecule has 8 heteroatoms. The smallest absolute Gasteiger partial charge is 0.246 e. The number of nitrogens with zero attached hydrogens (tertiary/aromatic N) is 2. The number of aliphatic hydroxyl groups is 1. The molecule has 152 valence electrons. The van der Waals surface area contributed by atoms with E-state index >= 15 is 0 Å². The molecular weight excluding hydrogens is 350 g/mol. The van der Waals surface area contributed by atoms with E-state index < -0.39 is 18.2 Å². The average molecular weight is 381 g/mol. The van der Waals surface area contributed by atoms with E-state index in [1.165, 1.54) is 4.90 Å². The van der Waals surface area contributed by atoms with Gasteiger partial charge in [-0.2, -0.15) is 0 Å². The van der Waals surface area contributed by atoms with Gasteiger partial charge in [0.2, 0.25) is 17.7 Å². The van der Waals surface area contributed by atoms with Crippen LogP contribution >= 0.6 is 0 Å². The number of hydrogen-bond acceptors (Lipinski definition) is 5. The zero-order valence-electron chi connectivity index (χ0n) is 16.3. The van der Waals surface area contributed by atoms with Crippen LogP contribution in [0.1, 0.15) is 58.8 Å². The van der Waals surface area contributed by atoms with Crippen LogP contribution in [0.3, 0.4) is 0 Å². The molecule has 2 N–H and O–H groups in total. The lowest BCUT2D eigenvalue weighted by Crippen LogP contribution is -2.51. The summed E-state index contributed by atoms with van der Waals surface area (Å²) in [5.41, 5.74) is 0. The summed E-state index contributed by atoms with van der Waals surface area (Å²) in [4.78, 5) is 52.4. The minimum absolute atomic E-state index is 0.00334. The summed E-state index contributed by atoms with van der Waals surface area (Å²) in [6.45, 7) is 4.89. The molecule has 0 aromatic heterocycles. The fourth-order valence-electron chi connectivity index (χ4n) is 3.83. The molecule has 2 fully saturated rings. The predicted octanol–water partition coefficient (Wildman–Crippen LogP) is 0.225. The molecule has 2 rings (SSSR count). The molecule has 2 unspecified atom stereocenters. The molecule has 0 spiro atoms. The van der Waals surface area contributed by atoms with Crippen molar-refractivity contribution in [2.24, 2.45) is 0 Å². The van der Waals surface area contributed by atoms with Gasteiger partial charge in [0.25, 0.3) is 0 Å². The molecular formula is C19H31N3O5. The zero-order chi connectivity index (χ0) is 20.0. The van der Waals surface area contributed by atoms with Gasteiger partial charge in [-0.15, -0.1) is 0 Å². The lowest BCUT2D eigenvalue weighted by Gasteiger charge is -2.30. The summed E-state index contributed by atoms with van der Waals surface area (Å²) in [5, 5.41) is 12.7. The van der Waals surface area contributed by atoms with Crippen molar-refractivity contribution in [1.29, 1.82) is 0 Å². The maximum Gasteiger partial charge on any atom is 0.246 e. The number of aliphatic hydroxyl groups excluding tert-OH is 1. The van der Waals surface area contributed by atoms with Gasteiger partial charge in [-0.3, -0.25) is 19.2 Å². The van der Waals surface area contributed by atoms with Gasteiger partial charge >= 0.3 is 0 Å². The Morgan fingerprint density at radius 2 is 1.81 bits per heavy atom. The van der Waals surface area contributed by atoms with Crippen LogP contribution in [0.4, 0.5) is 0 Å². The second-order valence-corrected chi connectivity index (χ2v) is 7.31. The second kappa shape index (κ2) is 9.82. The van der Waals surface area contributed by atoms with E-state index in [9.17, 15) is 24.3 Å². The van der Waals surface area contributed by atoms with Gasteiger partial charge in [-0.25, -0.2) is 0 Å². The van der Waals surface area contributed by atoms with E-state index in [-0.39, 0.29) is 49.3 Å². The van der Waals surface area contributed by atoms with Crippen molar-refractivity contribution in [3.05, 3.63) is 0 Å². The number of carbonyl (C=O) groups excluding carboxylic acids is 4. The molecule has 27 heavy (non-hydrogen) atoms. The van der Waals surface area contributed by atoms with Gasteiger partial charge in [0.1, 0.15) is 6.04 Å². The van der Waals surface area contributed by atoms with Crippen molar-refractivity contribution in [2.75, 3.05) is 19.6 Å². The third-order valence-electron chi connectivity index (χ3n) is 5.28. The lowest BCUT2D eigenvalue weighted by atomic mass is 10.1. The largest absolute Gasteiger partial charge is 0.391 e. The quantitative estimate of drug-likeness (QED) is 0.626. The van der Waals surface area contributed by atoms with Crippen molar-refractivity contribution in [3.8, 4) is 0 Å². The van der Waals surface area contributed by atoms with E-state index in [0.717, 1.165) is 12.8 Å². The summed E-state index contributed by atoms with van der Waals surface area (Å²) in [6, 6.07) is -1.17. The number of Topliss-reactive ketones (excluding diaryl/α,β-unsaturated/α-hetero) is 1. The van der Waals surface area contributed by atoms with Crippen LogP contribution in [0.5, 0.6) is 0 Å². The van der Waals surface area contributed by atoms with Gasteiger partial charge in [0.05, 0.1) is 12.1 Å². The van der Waals surface area contributed by atoms with Crippen molar-refractivity contribution in [1.82, 2.24) is 15.1 Å². The molecule has 2 aliphatic rings. The molecule has 0 aromatic carbocycles. The topological polar surface area (TPSA) is 107 Å². The molecule has 3 amide bonds. The fraction of sp³-hybridized carbons (Fsp3) is 0.789. The molecule has 0 saturated carbocycles. The summed E-state index contributed by atoms with van der Waals surface area (Å²) >= 11 is 0. The van der Waals surface area contributed by atoms with Crippen molar-refractivity contribution in [3.63, 3.8) is 0 Å².